The van der Waals surface area contributed by atoms with Crippen molar-refractivity contribution in [3.8, 4) is 0 Å². The molecule has 0 fully saturated rings. The third-order valence-electron chi connectivity index (χ3n) is 5.25. The first-order valence-electron chi connectivity index (χ1n) is 11.2. The molecule has 0 heterocycles. The van der Waals surface area contributed by atoms with Crippen molar-refractivity contribution in [1.29, 1.82) is 0 Å². The van der Waals surface area contributed by atoms with Crippen LogP contribution in [-0.4, -0.2) is 17.5 Å². The summed E-state index contributed by atoms with van der Waals surface area (Å²) in [6, 6.07) is 10.3. The van der Waals surface area contributed by atoms with Crippen molar-refractivity contribution in [2.24, 2.45) is 35.4 Å². The van der Waals surface area contributed by atoms with Gasteiger partial charge in [0.15, 0.2) is 0 Å². The van der Waals surface area contributed by atoms with Crippen molar-refractivity contribution in [2.45, 2.75) is 79.8 Å². The van der Waals surface area contributed by atoms with Crippen LogP contribution in [0.4, 0.5) is 0 Å². The van der Waals surface area contributed by atoms with Gasteiger partial charge in [0.1, 0.15) is 5.60 Å². The van der Waals surface area contributed by atoms with Gasteiger partial charge >= 0.3 is 5.97 Å². The minimum atomic E-state index is -0.612. The van der Waals surface area contributed by atoms with Gasteiger partial charge in [0.05, 0.1) is 11.8 Å². The number of carbonyl (C=O) groups is 2. The molecule has 1 aromatic rings. The summed E-state index contributed by atoms with van der Waals surface area (Å²) in [6.45, 7) is 14.0. The van der Waals surface area contributed by atoms with Crippen LogP contribution in [0.5, 0.6) is 0 Å². The number of hydrogen-bond acceptors (Lipinski definition) is 4. The molecule has 5 nitrogen and oxygen atoms in total. The zero-order valence-electron chi connectivity index (χ0n) is 19.9. The van der Waals surface area contributed by atoms with E-state index in [1.165, 1.54) is 5.56 Å². The first-order chi connectivity index (χ1) is 13.9. The van der Waals surface area contributed by atoms with Gasteiger partial charge in [-0.15, -0.1) is 0 Å². The van der Waals surface area contributed by atoms with Crippen molar-refractivity contribution < 1.29 is 14.3 Å². The van der Waals surface area contributed by atoms with E-state index < -0.39 is 17.4 Å². The predicted molar refractivity (Wildman–Crippen MR) is 122 cm³/mol. The van der Waals surface area contributed by atoms with Gasteiger partial charge in [0.2, 0.25) is 5.91 Å². The molecule has 30 heavy (non-hydrogen) atoms. The fourth-order valence-electron chi connectivity index (χ4n) is 4.13. The standard InChI is InChI=1S/C25H42N2O3/c1-17(2)15-20(14-13-19-11-9-8-10-12-19)22(24(29)30-25(5,6)7)21(16-18(3)4)23(28)27-26/h8-12,17-18,20-22H,13-16,26H2,1-7H3,(H,27,28)/t20?,21-,22?/m1/s1. The predicted octanol–water partition coefficient (Wildman–Crippen LogP) is 4.89. The van der Waals surface area contributed by atoms with Crippen LogP contribution in [0.25, 0.3) is 0 Å². The maximum Gasteiger partial charge on any atom is 0.310 e. The Bertz CT molecular complexity index is 650. The molecule has 0 aliphatic carbocycles. The van der Waals surface area contributed by atoms with Crippen LogP contribution in [0.3, 0.4) is 0 Å². The molecular formula is C25H42N2O3. The lowest BCUT2D eigenvalue weighted by Gasteiger charge is -2.35. The third-order valence-corrected chi connectivity index (χ3v) is 5.25. The number of esters is 1. The van der Waals surface area contributed by atoms with Crippen LogP contribution in [-0.2, 0) is 20.7 Å². The summed E-state index contributed by atoms with van der Waals surface area (Å²) >= 11 is 0. The zero-order valence-corrected chi connectivity index (χ0v) is 19.9. The Labute approximate surface area is 183 Å². The van der Waals surface area contributed by atoms with E-state index in [9.17, 15) is 9.59 Å². The van der Waals surface area contributed by atoms with Crippen LogP contribution in [0.2, 0.25) is 0 Å². The Morgan fingerprint density at radius 2 is 1.57 bits per heavy atom. The molecule has 1 amide bonds. The first-order valence-corrected chi connectivity index (χ1v) is 11.2. The minimum absolute atomic E-state index is 0.0288. The normalized spacial score (nSPS) is 15.0. The summed E-state index contributed by atoms with van der Waals surface area (Å²) in [6.07, 6.45) is 3.12. The van der Waals surface area contributed by atoms with Crippen molar-refractivity contribution in [1.82, 2.24) is 5.43 Å². The number of amides is 1. The molecule has 3 N–H and O–H groups in total. The number of rotatable bonds is 11. The smallest absolute Gasteiger partial charge is 0.310 e. The number of nitrogens with one attached hydrogen (secondary N) is 1. The Balaban J connectivity index is 3.30. The molecular weight excluding hydrogens is 376 g/mol. The second kappa shape index (κ2) is 12.1. The molecule has 0 aromatic heterocycles. The number of ether oxygens (including phenoxy) is 1. The number of hydrazine groups is 1. The Hall–Kier alpha value is -1.88. The fourth-order valence-corrected chi connectivity index (χ4v) is 4.13. The molecule has 0 radical (unpaired) electrons. The van der Waals surface area contributed by atoms with Gasteiger partial charge in [0, 0.05) is 0 Å². The van der Waals surface area contributed by atoms with Crippen LogP contribution in [0.1, 0.15) is 73.3 Å². The highest BCUT2D eigenvalue weighted by Crippen LogP contribution is 2.36. The van der Waals surface area contributed by atoms with E-state index in [1.807, 2.05) is 39.0 Å². The van der Waals surface area contributed by atoms with E-state index in [0.29, 0.717) is 12.3 Å². The van der Waals surface area contributed by atoms with Crippen molar-refractivity contribution in [3.05, 3.63) is 35.9 Å². The third kappa shape index (κ3) is 9.29. The van der Waals surface area contributed by atoms with Crippen molar-refractivity contribution in [3.63, 3.8) is 0 Å². The largest absolute Gasteiger partial charge is 0.460 e. The second-order valence-corrected chi connectivity index (χ2v) is 10.2. The average molecular weight is 419 g/mol. The molecule has 5 heteroatoms. The molecule has 1 aromatic carbocycles. The summed E-state index contributed by atoms with van der Waals surface area (Å²) in [5, 5.41) is 0. The van der Waals surface area contributed by atoms with E-state index in [2.05, 4.69) is 45.3 Å². The lowest BCUT2D eigenvalue weighted by molar-refractivity contribution is -0.167. The van der Waals surface area contributed by atoms with Gasteiger partial charge in [-0.25, -0.2) is 5.84 Å². The van der Waals surface area contributed by atoms with E-state index in [-0.39, 0.29) is 23.7 Å². The van der Waals surface area contributed by atoms with E-state index in [1.54, 1.807) is 0 Å². The number of hydrogen-bond donors (Lipinski definition) is 2. The van der Waals surface area contributed by atoms with Crippen LogP contribution in [0, 0.1) is 29.6 Å². The molecule has 0 saturated carbocycles. The highest BCUT2D eigenvalue weighted by Gasteiger charge is 2.41. The molecule has 0 saturated heterocycles. The maximum atomic E-state index is 13.4. The fraction of sp³-hybridized carbons (Fsp3) is 0.680. The monoisotopic (exact) mass is 418 g/mol. The molecule has 0 aliphatic heterocycles. The summed E-state index contributed by atoms with van der Waals surface area (Å²) in [7, 11) is 0. The Morgan fingerprint density at radius 1 is 1.00 bits per heavy atom. The van der Waals surface area contributed by atoms with E-state index in [4.69, 9.17) is 10.6 Å². The molecule has 0 bridgehead atoms. The SMILES string of the molecule is CC(C)CC(CCc1ccccc1)C(C(=O)OC(C)(C)C)[C@@H](CC(C)C)C(=O)NN. The molecule has 0 aliphatic rings. The van der Waals surface area contributed by atoms with Gasteiger partial charge in [-0.3, -0.25) is 15.0 Å². The number of nitrogens with two attached hydrogens (primary N) is 1. The molecule has 170 valence electrons. The highest BCUT2D eigenvalue weighted by atomic mass is 16.6. The summed E-state index contributed by atoms with van der Waals surface area (Å²) in [5.41, 5.74) is 2.93. The lowest BCUT2D eigenvalue weighted by Crippen LogP contribution is -2.46. The van der Waals surface area contributed by atoms with Crippen molar-refractivity contribution in [2.75, 3.05) is 0 Å². The average Bonchev–Trinajstić information content (AvgIpc) is 2.63. The minimum Gasteiger partial charge on any atom is -0.460 e. The summed E-state index contributed by atoms with van der Waals surface area (Å²) in [4.78, 5) is 26.2. The highest BCUT2D eigenvalue weighted by molar-refractivity contribution is 5.85. The maximum absolute atomic E-state index is 13.4. The van der Waals surface area contributed by atoms with Gasteiger partial charge in [0.25, 0.3) is 0 Å². The Kier molecular flexibility index (Phi) is 10.5. The number of benzene rings is 1. The lowest BCUT2D eigenvalue weighted by atomic mass is 9.72. The summed E-state index contributed by atoms with van der Waals surface area (Å²) in [5.74, 6) is 4.60. The second-order valence-electron chi connectivity index (χ2n) is 10.2. The van der Waals surface area contributed by atoms with Gasteiger partial charge in [-0.2, -0.15) is 0 Å². The zero-order chi connectivity index (χ0) is 22.9. The topological polar surface area (TPSA) is 81.4 Å². The van der Waals surface area contributed by atoms with Gasteiger partial charge in [-0.1, -0.05) is 58.0 Å². The molecule has 1 rings (SSSR count). The van der Waals surface area contributed by atoms with Gasteiger partial charge < -0.3 is 4.74 Å². The van der Waals surface area contributed by atoms with E-state index >= 15 is 0 Å². The number of aryl methyl sites for hydroxylation is 1. The van der Waals surface area contributed by atoms with Crippen LogP contribution >= 0.6 is 0 Å². The molecule has 3 atom stereocenters. The van der Waals surface area contributed by atoms with Crippen LogP contribution < -0.4 is 11.3 Å². The molecule has 0 spiro atoms. The number of carbonyl (C=O) groups excluding carboxylic acids is 2. The summed E-state index contributed by atoms with van der Waals surface area (Å²) < 4.78 is 5.81. The van der Waals surface area contributed by atoms with Gasteiger partial charge in [-0.05, 0) is 69.8 Å². The quantitative estimate of drug-likeness (QED) is 0.232. The Morgan fingerprint density at radius 3 is 2.03 bits per heavy atom. The first kappa shape index (κ1) is 26.2. The van der Waals surface area contributed by atoms with Crippen LogP contribution in [0.15, 0.2) is 30.3 Å². The van der Waals surface area contributed by atoms with Crippen molar-refractivity contribution >= 4 is 11.9 Å². The van der Waals surface area contributed by atoms with E-state index in [0.717, 1.165) is 19.3 Å². The molecule has 2 unspecified atom stereocenters.